The van der Waals surface area contributed by atoms with Gasteiger partial charge in [-0.3, -0.25) is 4.90 Å². The number of likely N-dealkylation sites (N-methyl/N-ethyl adjacent to an activating group) is 1. The minimum absolute atomic E-state index is 0.514. The van der Waals surface area contributed by atoms with Gasteiger partial charge in [-0.05, 0) is 51.7 Å². The second kappa shape index (κ2) is 10.4. The van der Waals surface area contributed by atoms with Crippen molar-refractivity contribution in [2.45, 2.75) is 32.7 Å². The third-order valence-electron chi connectivity index (χ3n) is 3.35. The van der Waals surface area contributed by atoms with Gasteiger partial charge in [0.1, 0.15) is 0 Å². The summed E-state index contributed by atoms with van der Waals surface area (Å²) in [6.07, 6.45) is 2.35. The summed E-state index contributed by atoms with van der Waals surface area (Å²) in [5.74, 6) is 0. The summed E-state index contributed by atoms with van der Waals surface area (Å²) in [4.78, 5) is 3.85. The molecule has 0 fully saturated rings. The van der Waals surface area contributed by atoms with E-state index in [1.54, 1.807) is 0 Å². The van der Waals surface area contributed by atoms with E-state index in [1.165, 1.54) is 11.3 Å². The molecule has 3 nitrogen and oxygen atoms in total. The third-order valence-corrected chi connectivity index (χ3v) is 4.40. The Balaban J connectivity index is 2.00. The van der Waals surface area contributed by atoms with Crippen LogP contribution in [0, 0.1) is 0 Å². The smallest absolute Gasteiger partial charge is 0.0466 e. The zero-order valence-corrected chi connectivity index (χ0v) is 13.3. The normalized spacial score (nSPS) is 13.1. The van der Waals surface area contributed by atoms with Crippen molar-refractivity contribution in [2.75, 3.05) is 39.9 Å². The lowest BCUT2D eigenvalue weighted by Crippen LogP contribution is -2.31. The highest BCUT2D eigenvalue weighted by atomic mass is 32.1. The van der Waals surface area contributed by atoms with E-state index in [0.29, 0.717) is 6.04 Å². The summed E-state index contributed by atoms with van der Waals surface area (Å²) in [6.45, 7) is 9.28. The lowest BCUT2D eigenvalue weighted by Gasteiger charge is -2.23. The maximum Gasteiger partial charge on any atom is 0.0466 e. The first-order chi connectivity index (χ1) is 9.25. The molecule has 1 aromatic rings. The molecule has 0 radical (unpaired) electrons. The Bertz CT molecular complexity index is 303. The van der Waals surface area contributed by atoms with Gasteiger partial charge in [0, 0.05) is 37.2 Å². The zero-order valence-electron chi connectivity index (χ0n) is 12.5. The zero-order chi connectivity index (χ0) is 13.9. The Morgan fingerprint density at radius 3 is 2.89 bits per heavy atom. The first-order valence-electron chi connectivity index (χ1n) is 7.27. The van der Waals surface area contributed by atoms with E-state index in [9.17, 15) is 0 Å². The summed E-state index contributed by atoms with van der Waals surface area (Å²) in [5.41, 5.74) is 0. The summed E-state index contributed by atoms with van der Waals surface area (Å²) >= 11 is 1.84. The molecule has 110 valence electrons. The lowest BCUT2D eigenvalue weighted by atomic mass is 10.2. The highest BCUT2D eigenvalue weighted by Crippen LogP contribution is 2.22. The van der Waals surface area contributed by atoms with Crippen molar-refractivity contribution in [3.63, 3.8) is 0 Å². The molecule has 0 bridgehead atoms. The van der Waals surface area contributed by atoms with E-state index in [-0.39, 0.29) is 0 Å². The highest BCUT2D eigenvalue weighted by Gasteiger charge is 2.11. The number of unbranched alkanes of at least 4 members (excludes halogenated alkanes) is 1. The third kappa shape index (κ3) is 7.06. The number of rotatable bonds is 11. The quantitative estimate of drug-likeness (QED) is 0.632. The van der Waals surface area contributed by atoms with E-state index in [2.05, 4.69) is 41.7 Å². The van der Waals surface area contributed by atoms with E-state index >= 15 is 0 Å². The second-order valence-corrected chi connectivity index (χ2v) is 5.81. The number of nitrogens with one attached hydrogen (secondary N) is 1. The first kappa shape index (κ1) is 16.6. The molecule has 19 heavy (non-hydrogen) atoms. The van der Waals surface area contributed by atoms with Gasteiger partial charge < -0.3 is 10.1 Å². The van der Waals surface area contributed by atoms with Crippen LogP contribution in [0.5, 0.6) is 0 Å². The van der Waals surface area contributed by atoms with Crippen LogP contribution in [0.1, 0.15) is 37.6 Å². The van der Waals surface area contributed by atoms with Gasteiger partial charge in [0.25, 0.3) is 0 Å². The molecule has 4 heteroatoms. The van der Waals surface area contributed by atoms with Crippen molar-refractivity contribution in [2.24, 2.45) is 0 Å². The second-order valence-electron chi connectivity index (χ2n) is 4.83. The molecule has 0 aliphatic carbocycles. The minimum atomic E-state index is 0.514. The standard InChI is InChI=1S/C15H28N2OS/c1-4-18-12-6-5-9-16-10-11-17(3)14(2)15-8-7-13-19-15/h7-8,13-14,16H,4-6,9-12H2,1-3H3. The molecular weight excluding hydrogens is 256 g/mol. The van der Waals surface area contributed by atoms with E-state index in [4.69, 9.17) is 4.74 Å². The Hall–Kier alpha value is -0.420. The largest absolute Gasteiger partial charge is 0.382 e. The van der Waals surface area contributed by atoms with Crippen LogP contribution in [0.4, 0.5) is 0 Å². The Morgan fingerprint density at radius 2 is 2.21 bits per heavy atom. The van der Waals surface area contributed by atoms with Crippen molar-refractivity contribution >= 4 is 11.3 Å². The van der Waals surface area contributed by atoms with Crippen LogP contribution < -0.4 is 5.32 Å². The Kier molecular flexibility index (Phi) is 9.08. The summed E-state index contributed by atoms with van der Waals surface area (Å²) in [7, 11) is 2.20. The van der Waals surface area contributed by atoms with Crippen LogP contribution in [-0.2, 0) is 4.74 Å². The molecule has 1 heterocycles. The van der Waals surface area contributed by atoms with Crippen LogP contribution in [0.15, 0.2) is 17.5 Å². The summed E-state index contributed by atoms with van der Waals surface area (Å²) in [6, 6.07) is 4.85. The fourth-order valence-corrected chi connectivity index (χ4v) is 2.77. The van der Waals surface area contributed by atoms with Gasteiger partial charge in [-0.2, -0.15) is 0 Å². The van der Waals surface area contributed by atoms with Gasteiger partial charge in [-0.25, -0.2) is 0 Å². The van der Waals surface area contributed by atoms with Crippen molar-refractivity contribution < 1.29 is 4.74 Å². The monoisotopic (exact) mass is 284 g/mol. The first-order valence-corrected chi connectivity index (χ1v) is 8.15. The summed E-state index contributed by atoms with van der Waals surface area (Å²) in [5, 5.41) is 5.65. The number of ether oxygens (including phenoxy) is 1. The molecule has 0 aromatic carbocycles. The number of thiophene rings is 1. The number of hydrogen-bond acceptors (Lipinski definition) is 4. The van der Waals surface area contributed by atoms with Gasteiger partial charge >= 0.3 is 0 Å². The average molecular weight is 284 g/mol. The minimum Gasteiger partial charge on any atom is -0.382 e. The van der Waals surface area contributed by atoms with Crippen LogP contribution in [0.2, 0.25) is 0 Å². The van der Waals surface area contributed by atoms with Crippen molar-refractivity contribution in [1.29, 1.82) is 0 Å². The van der Waals surface area contributed by atoms with E-state index < -0.39 is 0 Å². The maximum absolute atomic E-state index is 5.32. The maximum atomic E-state index is 5.32. The molecule has 1 unspecified atom stereocenters. The fourth-order valence-electron chi connectivity index (χ4n) is 1.92. The molecule has 0 spiro atoms. The lowest BCUT2D eigenvalue weighted by molar-refractivity contribution is 0.143. The highest BCUT2D eigenvalue weighted by molar-refractivity contribution is 7.10. The molecule has 0 amide bonds. The van der Waals surface area contributed by atoms with E-state index in [0.717, 1.165) is 39.3 Å². The molecule has 0 saturated carbocycles. The molecule has 1 aromatic heterocycles. The molecule has 0 aliphatic rings. The van der Waals surface area contributed by atoms with Crippen molar-refractivity contribution in [3.8, 4) is 0 Å². The van der Waals surface area contributed by atoms with Crippen molar-refractivity contribution in [1.82, 2.24) is 10.2 Å². The van der Waals surface area contributed by atoms with Gasteiger partial charge in [-0.15, -0.1) is 11.3 Å². The molecular formula is C15H28N2OS. The van der Waals surface area contributed by atoms with Gasteiger partial charge in [0.15, 0.2) is 0 Å². The predicted octanol–water partition coefficient (Wildman–Crippen LogP) is 3.15. The average Bonchev–Trinajstić information content (AvgIpc) is 2.94. The Morgan fingerprint density at radius 1 is 1.37 bits per heavy atom. The predicted molar refractivity (Wildman–Crippen MR) is 84.0 cm³/mol. The van der Waals surface area contributed by atoms with Crippen molar-refractivity contribution in [3.05, 3.63) is 22.4 Å². The SMILES string of the molecule is CCOCCCCNCCN(C)C(C)c1cccs1. The van der Waals surface area contributed by atoms with Crippen LogP contribution in [0.25, 0.3) is 0 Å². The molecule has 0 aliphatic heterocycles. The van der Waals surface area contributed by atoms with Gasteiger partial charge in [-0.1, -0.05) is 6.07 Å². The van der Waals surface area contributed by atoms with Crippen LogP contribution in [-0.4, -0.2) is 44.8 Å². The topological polar surface area (TPSA) is 24.5 Å². The van der Waals surface area contributed by atoms with Crippen LogP contribution >= 0.6 is 11.3 Å². The number of nitrogens with zero attached hydrogens (tertiary/aromatic N) is 1. The molecule has 1 rings (SSSR count). The van der Waals surface area contributed by atoms with Crippen LogP contribution in [0.3, 0.4) is 0 Å². The van der Waals surface area contributed by atoms with Gasteiger partial charge in [0.2, 0.25) is 0 Å². The van der Waals surface area contributed by atoms with Gasteiger partial charge in [0.05, 0.1) is 0 Å². The molecule has 1 atom stereocenters. The summed E-state index contributed by atoms with van der Waals surface area (Å²) < 4.78 is 5.32. The number of hydrogen-bond donors (Lipinski definition) is 1. The molecule has 1 N–H and O–H groups in total. The fraction of sp³-hybridized carbons (Fsp3) is 0.733. The molecule has 0 saturated heterocycles. The Labute approximate surface area is 122 Å². The van der Waals surface area contributed by atoms with E-state index in [1.807, 2.05) is 18.3 Å².